The van der Waals surface area contributed by atoms with Crippen molar-refractivity contribution in [1.29, 1.82) is 0 Å². The van der Waals surface area contributed by atoms with Crippen molar-refractivity contribution in [3.05, 3.63) is 23.7 Å². The molecule has 3 atom stereocenters. The third-order valence-electron chi connectivity index (χ3n) is 2.81. The van der Waals surface area contributed by atoms with Gasteiger partial charge in [0.2, 0.25) is 0 Å². The zero-order valence-corrected chi connectivity index (χ0v) is 9.62. The van der Waals surface area contributed by atoms with E-state index in [9.17, 15) is 0 Å². The third-order valence-corrected chi connectivity index (χ3v) is 2.81. The molecule has 1 aliphatic heterocycles. The molecule has 0 amide bonds. The van der Waals surface area contributed by atoms with E-state index in [4.69, 9.17) is 9.15 Å². The fraction of sp³-hybridized carbons (Fsp3) is 0.667. The highest BCUT2D eigenvalue weighted by Crippen LogP contribution is 2.24. The van der Waals surface area contributed by atoms with Gasteiger partial charge in [-0.15, -0.1) is 0 Å². The van der Waals surface area contributed by atoms with Crippen molar-refractivity contribution in [2.45, 2.75) is 45.4 Å². The van der Waals surface area contributed by atoms with Gasteiger partial charge in [-0.3, -0.25) is 0 Å². The van der Waals surface area contributed by atoms with Gasteiger partial charge in [0.15, 0.2) is 0 Å². The summed E-state index contributed by atoms with van der Waals surface area (Å²) in [5.41, 5.74) is 0. The van der Waals surface area contributed by atoms with Crippen molar-refractivity contribution in [2.24, 2.45) is 0 Å². The molecule has 1 N–H and O–H groups in total. The van der Waals surface area contributed by atoms with Crippen LogP contribution in [0.25, 0.3) is 0 Å². The van der Waals surface area contributed by atoms with Gasteiger partial charge in [-0.05, 0) is 39.3 Å². The Morgan fingerprint density at radius 2 is 2.13 bits per heavy atom. The Hall–Kier alpha value is -0.800. The van der Waals surface area contributed by atoms with E-state index in [1.54, 1.807) is 0 Å². The molecule has 1 aromatic heterocycles. The van der Waals surface area contributed by atoms with E-state index in [-0.39, 0.29) is 12.2 Å². The standard InChI is InChI=1S/C12H19NO2/c1-8-6-10(3)15-12(7-13-8)11-5-4-9(2)14-11/h4-5,8,10,12-13H,6-7H2,1-3H3. The second kappa shape index (κ2) is 4.37. The predicted molar refractivity (Wildman–Crippen MR) is 58.8 cm³/mol. The molecule has 0 bridgehead atoms. The van der Waals surface area contributed by atoms with E-state index in [1.165, 1.54) is 0 Å². The fourth-order valence-corrected chi connectivity index (χ4v) is 2.07. The Balaban J connectivity index is 2.09. The van der Waals surface area contributed by atoms with Crippen molar-refractivity contribution in [3.8, 4) is 0 Å². The normalized spacial score (nSPS) is 32.6. The molecule has 0 radical (unpaired) electrons. The average Bonchev–Trinajstić information content (AvgIpc) is 2.51. The lowest BCUT2D eigenvalue weighted by Gasteiger charge is -2.16. The van der Waals surface area contributed by atoms with Gasteiger partial charge in [0, 0.05) is 12.6 Å². The predicted octanol–water partition coefficient (Wildman–Crippen LogP) is 2.42. The molecule has 1 saturated heterocycles. The molecule has 1 aromatic rings. The van der Waals surface area contributed by atoms with E-state index < -0.39 is 0 Å². The van der Waals surface area contributed by atoms with Crippen molar-refractivity contribution in [1.82, 2.24) is 5.32 Å². The van der Waals surface area contributed by atoms with Crippen LogP contribution >= 0.6 is 0 Å². The molecule has 1 fully saturated rings. The highest BCUT2D eigenvalue weighted by atomic mass is 16.5. The maximum absolute atomic E-state index is 5.92. The van der Waals surface area contributed by atoms with E-state index in [0.29, 0.717) is 6.04 Å². The smallest absolute Gasteiger partial charge is 0.134 e. The number of rotatable bonds is 1. The molecule has 2 heterocycles. The van der Waals surface area contributed by atoms with Crippen LogP contribution < -0.4 is 5.32 Å². The Morgan fingerprint density at radius 3 is 2.80 bits per heavy atom. The Kier molecular flexibility index (Phi) is 3.12. The highest BCUT2D eigenvalue weighted by Gasteiger charge is 2.24. The minimum Gasteiger partial charge on any atom is -0.464 e. The van der Waals surface area contributed by atoms with Gasteiger partial charge >= 0.3 is 0 Å². The van der Waals surface area contributed by atoms with Gasteiger partial charge in [-0.2, -0.15) is 0 Å². The number of hydrogen-bond donors (Lipinski definition) is 1. The van der Waals surface area contributed by atoms with Crippen LogP contribution in [0.4, 0.5) is 0 Å². The molecule has 1 aliphatic rings. The maximum Gasteiger partial charge on any atom is 0.134 e. The molecule has 3 nitrogen and oxygen atoms in total. The van der Waals surface area contributed by atoms with Crippen LogP contribution in [0.15, 0.2) is 16.5 Å². The first-order chi connectivity index (χ1) is 7.15. The summed E-state index contributed by atoms with van der Waals surface area (Å²) in [6.07, 6.45) is 1.39. The van der Waals surface area contributed by atoms with Crippen LogP contribution in [0, 0.1) is 6.92 Å². The minimum absolute atomic E-state index is 0.0543. The lowest BCUT2D eigenvalue weighted by atomic mass is 10.2. The maximum atomic E-state index is 5.92. The lowest BCUT2D eigenvalue weighted by Crippen LogP contribution is -2.27. The topological polar surface area (TPSA) is 34.4 Å². The molecule has 15 heavy (non-hydrogen) atoms. The number of aryl methyl sites for hydroxylation is 1. The van der Waals surface area contributed by atoms with Crippen molar-refractivity contribution in [2.75, 3.05) is 6.54 Å². The number of nitrogens with one attached hydrogen (secondary N) is 1. The van der Waals surface area contributed by atoms with Crippen LogP contribution in [-0.2, 0) is 4.74 Å². The van der Waals surface area contributed by atoms with Gasteiger partial charge in [-0.25, -0.2) is 0 Å². The second-order valence-corrected chi connectivity index (χ2v) is 4.43. The van der Waals surface area contributed by atoms with E-state index in [1.807, 2.05) is 19.1 Å². The molecule has 3 heteroatoms. The van der Waals surface area contributed by atoms with Gasteiger partial charge in [0.05, 0.1) is 6.10 Å². The van der Waals surface area contributed by atoms with E-state index >= 15 is 0 Å². The quantitative estimate of drug-likeness (QED) is 0.771. The molecular formula is C12H19NO2. The van der Waals surface area contributed by atoms with Gasteiger partial charge in [0.25, 0.3) is 0 Å². The highest BCUT2D eigenvalue weighted by molar-refractivity contribution is 5.09. The van der Waals surface area contributed by atoms with Crippen molar-refractivity contribution < 1.29 is 9.15 Å². The molecule has 2 rings (SSSR count). The molecule has 0 saturated carbocycles. The van der Waals surface area contributed by atoms with Crippen LogP contribution in [0.1, 0.15) is 37.9 Å². The summed E-state index contributed by atoms with van der Waals surface area (Å²) in [5.74, 6) is 1.87. The number of furan rings is 1. The molecule has 3 unspecified atom stereocenters. The summed E-state index contributed by atoms with van der Waals surface area (Å²) in [6, 6.07) is 4.50. The fourth-order valence-electron chi connectivity index (χ4n) is 2.07. The molecule has 0 spiro atoms. The summed E-state index contributed by atoms with van der Waals surface area (Å²) < 4.78 is 11.5. The van der Waals surface area contributed by atoms with Crippen LogP contribution in [-0.4, -0.2) is 18.7 Å². The second-order valence-electron chi connectivity index (χ2n) is 4.43. The minimum atomic E-state index is 0.0543. The lowest BCUT2D eigenvalue weighted by molar-refractivity contribution is -0.00447. The first kappa shape index (κ1) is 10.7. The largest absolute Gasteiger partial charge is 0.464 e. The molecule has 84 valence electrons. The number of hydrogen-bond acceptors (Lipinski definition) is 3. The summed E-state index contributed by atoms with van der Waals surface area (Å²) >= 11 is 0. The van der Waals surface area contributed by atoms with Gasteiger partial charge in [0.1, 0.15) is 17.6 Å². The third kappa shape index (κ3) is 2.61. The van der Waals surface area contributed by atoms with E-state index in [0.717, 1.165) is 24.5 Å². The van der Waals surface area contributed by atoms with Crippen LogP contribution in [0.2, 0.25) is 0 Å². The zero-order chi connectivity index (χ0) is 10.8. The first-order valence-corrected chi connectivity index (χ1v) is 5.60. The first-order valence-electron chi connectivity index (χ1n) is 5.60. The Morgan fingerprint density at radius 1 is 1.33 bits per heavy atom. The van der Waals surface area contributed by atoms with Crippen molar-refractivity contribution >= 4 is 0 Å². The van der Waals surface area contributed by atoms with Crippen LogP contribution in [0.5, 0.6) is 0 Å². The van der Waals surface area contributed by atoms with Gasteiger partial charge < -0.3 is 14.5 Å². The summed E-state index contributed by atoms with van der Waals surface area (Å²) in [7, 11) is 0. The Labute approximate surface area is 90.8 Å². The molecule has 0 aromatic carbocycles. The molecular weight excluding hydrogens is 190 g/mol. The summed E-state index contributed by atoms with van der Waals surface area (Å²) in [6.45, 7) is 7.10. The number of ether oxygens (including phenoxy) is 1. The van der Waals surface area contributed by atoms with Crippen molar-refractivity contribution in [3.63, 3.8) is 0 Å². The Bertz CT molecular complexity index is 321. The van der Waals surface area contributed by atoms with Gasteiger partial charge in [-0.1, -0.05) is 0 Å². The van der Waals surface area contributed by atoms with Crippen LogP contribution in [0.3, 0.4) is 0 Å². The monoisotopic (exact) mass is 209 g/mol. The zero-order valence-electron chi connectivity index (χ0n) is 9.62. The summed E-state index contributed by atoms with van der Waals surface area (Å²) in [4.78, 5) is 0. The van der Waals surface area contributed by atoms with E-state index in [2.05, 4.69) is 19.2 Å². The SMILES string of the molecule is Cc1ccc(C2CNC(C)CC(C)O2)o1. The average molecular weight is 209 g/mol. The summed E-state index contributed by atoms with van der Waals surface area (Å²) in [5, 5.41) is 3.45. The molecule has 0 aliphatic carbocycles.